The lowest BCUT2D eigenvalue weighted by Gasteiger charge is -2.22. The minimum absolute atomic E-state index is 0.0266. The van der Waals surface area contributed by atoms with E-state index in [-0.39, 0.29) is 17.0 Å². The molecule has 1 aromatic heterocycles. The average molecular weight is 389 g/mol. The minimum atomic E-state index is -0.263. The van der Waals surface area contributed by atoms with Crippen molar-refractivity contribution in [2.24, 2.45) is 5.92 Å². The Morgan fingerprint density at radius 3 is 2.78 bits per heavy atom. The smallest absolute Gasteiger partial charge is 0.233 e. The lowest BCUT2D eigenvalue weighted by Crippen LogP contribution is -2.35. The van der Waals surface area contributed by atoms with Crippen molar-refractivity contribution in [1.82, 2.24) is 20.5 Å². The normalized spacial score (nSPS) is 16.5. The van der Waals surface area contributed by atoms with Crippen LogP contribution in [-0.2, 0) is 4.79 Å². The SMILES string of the molecule is CC(Sc1n[nH]c(/C=C/c2ccc(F)cc2)n1)C(=O)NCC1CCCCC1. The van der Waals surface area contributed by atoms with Gasteiger partial charge >= 0.3 is 0 Å². The van der Waals surface area contributed by atoms with Crippen LogP contribution in [0.25, 0.3) is 12.2 Å². The summed E-state index contributed by atoms with van der Waals surface area (Å²) in [4.78, 5) is 16.7. The van der Waals surface area contributed by atoms with Gasteiger partial charge in [-0.15, -0.1) is 5.10 Å². The molecule has 1 unspecified atom stereocenters. The molecular weight excluding hydrogens is 363 g/mol. The maximum atomic E-state index is 12.9. The van der Waals surface area contributed by atoms with Crippen molar-refractivity contribution < 1.29 is 9.18 Å². The molecule has 1 aromatic carbocycles. The van der Waals surface area contributed by atoms with E-state index >= 15 is 0 Å². The fourth-order valence-electron chi connectivity index (χ4n) is 3.13. The maximum Gasteiger partial charge on any atom is 0.233 e. The van der Waals surface area contributed by atoms with E-state index in [2.05, 4.69) is 20.5 Å². The second-order valence-corrected chi connectivity index (χ2v) is 8.21. The number of amides is 1. The summed E-state index contributed by atoms with van der Waals surface area (Å²) in [7, 11) is 0. The number of carbonyl (C=O) groups is 1. The molecule has 7 heteroatoms. The fraction of sp³-hybridized carbons (Fsp3) is 0.450. The van der Waals surface area contributed by atoms with Crippen molar-refractivity contribution in [3.63, 3.8) is 0 Å². The molecule has 2 N–H and O–H groups in total. The fourth-order valence-corrected chi connectivity index (χ4v) is 3.88. The maximum absolute atomic E-state index is 12.9. The third kappa shape index (κ3) is 6.20. The third-order valence-corrected chi connectivity index (χ3v) is 5.69. The summed E-state index contributed by atoms with van der Waals surface area (Å²) < 4.78 is 12.9. The van der Waals surface area contributed by atoms with E-state index in [1.54, 1.807) is 18.2 Å². The summed E-state index contributed by atoms with van der Waals surface area (Å²) in [6.45, 7) is 2.63. The second kappa shape index (κ2) is 9.69. The monoisotopic (exact) mass is 388 g/mol. The largest absolute Gasteiger partial charge is 0.355 e. The van der Waals surface area contributed by atoms with Crippen LogP contribution in [0.15, 0.2) is 29.4 Å². The van der Waals surface area contributed by atoms with Crippen LogP contribution in [0.3, 0.4) is 0 Å². The Morgan fingerprint density at radius 2 is 2.04 bits per heavy atom. The molecule has 0 spiro atoms. The van der Waals surface area contributed by atoms with E-state index in [0.717, 1.165) is 12.1 Å². The highest BCUT2D eigenvalue weighted by Crippen LogP contribution is 2.23. The third-order valence-electron chi connectivity index (χ3n) is 4.73. The average Bonchev–Trinajstić information content (AvgIpc) is 3.13. The van der Waals surface area contributed by atoms with Gasteiger partial charge in [-0.05, 0) is 49.5 Å². The van der Waals surface area contributed by atoms with Crippen LogP contribution in [-0.4, -0.2) is 32.9 Å². The van der Waals surface area contributed by atoms with Crippen LogP contribution < -0.4 is 5.32 Å². The number of nitrogens with one attached hydrogen (secondary N) is 2. The van der Waals surface area contributed by atoms with Crippen molar-refractivity contribution in [2.75, 3.05) is 6.54 Å². The van der Waals surface area contributed by atoms with E-state index < -0.39 is 0 Å². The first-order valence-corrected chi connectivity index (χ1v) is 10.3. The molecule has 0 bridgehead atoms. The van der Waals surface area contributed by atoms with E-state index in [9.17, 15) is 9.18 Å². The quantitative estimate of drug-likeness (QED) is 0.694. The standard InChI is InChI=1S/C20H25FN4OS/c1-14(19(26)22-13-16-5-3-2-4-6-16)27-20-23-18(24-25-20)12-9-15-7-10-17(21)11-8-15/h7-12,14,16H,2-6,13H2,1H3,(H,22,26)(H,23,24,25)/b12-9+. The zero-order valence-corrected chi connectivity index (χ0v) is 16.3. The first kappa shape index (κ1) is 19.6. The molecule has 5 nitrogen and oxygen atoms in total. The summed E-state index contributed by atoms with van der Waals surface area (Å²) >= 11 is 1.33. The molecule has 1 fully saturated rings. The van der Waals surface area contributed by atoms with Gasteiger partial charge in [-0.1, -0.05) is 49.2 Å². The Labute approximate surface area is 163 Å². The van der Waals surface area contributed by atoms with Crippen molar-refractivity contribution in [1.29, 1.82) is 0 Å². The minimum Gasteiger partial charge on any atom is -0.355 e. The van der Waals surface area contributed by atoms with Crippen LogP contribution in [0, 0.1) is 11.7 Å². The van der Waals surface area contributed by atoms with Gasteiger partial charge in [-0.25, -0.2) is 9.37 Å². The number of hydrogen-bond acceptors (Lipinski definition) is 4. The van der Waals surface area contributed by atoms with E-state index in [4.69, 9.17) is 0 Å². The number of halogens is 1. The lowest BCUT2D eigenvalue weighted by molar-refractivity contribution is -0.120. The van der Waals surface area contributed by atoms with Gasteiger partial charge in [0.1, 0.15) is 11.6 Å². The Kier molecular flexibility index (Phi) is 7.04. The van der Waals surface area contributed by atoms with Crippen LogP contribution in [0.1, 0.15) is 50.4 Å². The van der Waals surface area contributed by atoms with Crippen molar-refractivity contribution in [3.8, 4) is 0 Å². The number of carbonyl (C=O) groups excluding carboxylic acids is 1. The Balaban J connectivity index is 1.47. The number of aromatic nitrogens is 3. The first-order chi connectivity index (χ1) is 13.1. The highest BCUT2D eigenvalue weighted by atomic mass is 32.2. The summed E-state index contributed by atoms with van der Waals surface area (Å²) in [5.41, 5.74) is 0.873. The van der Waals surface area contributed by atoms with Crippen LogP contribution in [0.4, 0.5) is 4.39 Å². The molecule has 1 heterocycles. The number of nitrogens with zero attached hydrogens (tertiary/aromatic N) is 2. The van der Waals surface area contributed by atoms with Gasteiger partial charge in [0.25, 0.3) is 0 Å². The second-order valence-electron chi connectivity index (χ2n) is 6.90. The molecule has 3 rings (SSSR count). The van der Waals surface area contributed by atoms with Crippen molar-refractivity contribution >= 4 is 29.8 Å². The predicted octanol–water partition coefficient (Wildman–Crippen LogP) is 4.29. The van der Waals surface area contributed by atoms with Crippen LogP contribution in [0.2, 0.25) is 0 Å². The highest BCUT2D eigenvalue weighted by molar-refractivity contribution is 8.00. The summed E-state index contributed by atoms with van der Waals surface area (Å²) in [6.07, 6.45) is 9.90. The van der Waals surface area contributed by atoms with E-state index in [0.29, 0.717) is 16.9 Å². The molecule has 1 saturated carbocycles. The Bertz CT molecular complexity index is 769. The zero-order valence-electron chi connectivity index (χ0n) is 15.5. The van der Waals surface area contributed by atoms with Gasteiger partial charge in [-0.3, -0.25) is 9.89 Å². The molecule has 1 amide bonds. The summed E-state index contributed by atoms with van der Waals surface area (Å²) in [5, 5.41) is 10.3. The summed E-state index contributed by atoms with van der Waals surface area (Å²) in [6, 6.07) is 6.21. The van der Waals surface area contributed by atoms with Crippen LogP contribution in [0.5, 0.6) is 0 Å². The first-order valence-electron chi connectivity index (χ1n) is 9.40. The van der Waals surface area contributed by atoms with Gasteiger partial charge < -0.3 is 5.32 Å². The van der Waals surface area contributed by atoms with E-state index in [1.807, 2.05) is 13.0 Å². The van der Waals surface area contributed by atoms with Gasteiger partial charge in [0.2, 0.25) is 11.1 Å². The van der Waals surface area contributed by atoms with Crippen LogP contribution >= 0.6 is 11.8 Å². The molecule has 144 valence electrons. The number of H-pyrrole nitrogens is 1. The lowest BCUT2D eigenvalue weighted by atomic mass is 9.89. The molecule has 1 aliphatic carbocycles. The molecule has 2 aromatic rings. The van der Waals surface area contributed by atoms with Crippen molar-refractivity contribution in [2.45, 2.75) is 49.4 Å². The van der Waals surface area contributed by atoms with Gasteiger partial charge in [0, 0.05) is 6.54 Å². The number of thioether (sulfide) groups is 1. The molecule has 0 radical (unpaired) electrons. The number of rotatable bonds is 7. The Hall–Kier alpha value is -2.15. The van der Waals surface area contributed by atoms with Gasteiger partial charge in [0.15, 0.2) is 0 Å². The molecule has 27 heavy (non-hydrogen) atoms. The molecule has 1 atom stereocenters. The summed E-state index contributed by atoms with van der Waals surface area (Å²) in [5.74, 6) is 0.975. The molecular formula is C20H25FN4OS. The number of hydrogen-bond donors (Lipinski definition) is 2. The predicted molar refractivity (Wildman–Crippen MR) is 107 cm³/mol. The zero-order chi connectivity index (χ0) is 19.1. The Morgan fingerprint density at radius 1 is 1.30 bits per heavy atom. The van der Waals surface area contributed by atoms with Gasteiger partial charge in [-0.2, -0.15) is 0 Å². The molecule has 1 aliphatic rings. The van der Waals surface area contributed by atoms with Gasteiger partial charge in [0.05, 0.1) is 5.25 Å². The highest BCUT2D eigenvalue weighted by Gasteiger charge is 2.19. The molecule has 0 saturated heterocycles. The molecule has 0 aliphatic heterocycles. The number of benzene rings is 1. The number of aromatic amines is 1. The van der Waals surface area contributed by atoms with E-state index in [1.165, 1.54) is 56.0 Å². The topological polar surface area (TPSA) is 70.7 Å². The van der Waals surface area contributed by atoms with Crippen molar-refractivity contribution in [3.05, 3.63) is 41.5 Å².